The minimum Gasteiger partial charge on any atom is -0.349 e. The minimum atomic E-state index is -0.0888. The molecule has 1 amide bonds. The number of hydrogen-bond acceptors (Lipinski definition) is 4. The molecule has 3 rings (SSSR count). The van der Waals surface area contributed by atoms with Gasteiger partial charge in [0.05, 0.1) is 22.7 Å². The Hall–Kier alpha value is -2.60. The molecule has 1 heterocycles. The van der Waals surface area contributed by atoms with E-state index in [0.717, 1.165) is 5.56 Å². The first kappa shape index (κ1) is 19.2. The summed E-state index contributed by atoms with van der Waals surface area (Å²) in [6, 6.07) is 17.0. The molecule has 0 saturated carbocycles. The standard InChI is InChI=1S/C21H23N3O2S/c1-14(2)24-20(26)17-11-7-8-12-18(17)23-21(24)27-13-19(25)22-15(3)16-9-5-4-6-10-16/h4-12,14-15H,13H2,1-3H3,(H,22,25). The first-order chi connectivity index (χ1) is 13.0. The summed E-state index contributed by atoms with van der Waals surface area (Å²) in [7, 11) is 0. The van der Waals surface area contributed by atoms with Gasteiger partial charge < -0.3 is 5.32 Å². The van der Waals surface area contributed by atoms with Gasteiger partial charge in [-0.25, -0.2) is 4.98 Å². The van der Waals surface area contributed by atoms with Crippen LogP contribution in [-0.2, 0) is 4.79 Å². The van der Waals surface area contributed by atoms with Crippen LogP contribution in [-0.4, -0.2) is 21.2 Å². The van der Waals surface area contributed by atoms with Gasteiger partial charge in [0.25, 0.3) is 5.56 Å². The molecule has 0 aliphatic heterocycles. The van der Waals surface area contributed by atoms with E-state index >= 15 is 0 Å². The van der Waals surface area contributed by atoms with Gasteiger partial charge in [0, 0.05) is 6.04 Å². The number of benzene rings is 2. The molecule has 140 valence electrons. The number of aromatic nitrogens is 2. The zero-order valence-electron chi connectivity index (χ0n) is 15.7. The van der Waals surface area contributed by atoms with Crippen LogP contribution in [0, 0.1) is 0 Å². The highest BCUT2D eigenvalue weighted by atomic mass is 32.2. The first-order valence-electron chi connectivity index (χ1n) is 8.95. The van der Waals surface area contributed by atoms with Crippen LogP contribution in [0.1, 0.15) is 38.4 Å². The average Bonchev–Trinajstić information content (AvgIpc) is 2.66. The Morgan fingerprint density at radius 3 is 2.44 bits per heavy atom. The minimum absolute atomic E-state index is 0.0385. The van der Waals surface area contributed by atoms with E-state index in [-0.39, 0.29) is 29.3 Å². The van der Waals surface area contributed by atoms with Crippen molar-refractivity contribution in [3.8, 4) is 0 Å². The van der Waals surface area contributed by atoms with Gasteiger partial charge in [0.2, 0.25) is 5.91 Å². The highest BCUT2D eigenvalue weighted by Gasteiger charge is 2.16. The van der Waals surface area contributed by atoms with E-state index in [0.29, 0.717) is 16.1 Å². The van der Waals surface area contributed by atoms with Crippen molar-refractivity contribution in [2.45, 2.75) is 38.0 Å². The fourth-order valence-corrected chi connectivity index (χ4v) is 3.86. The fraction of sp³-hybridized carbons (Fsp3) is 0.286. The summed E-state index contributed by atoms with van der Waals surface area (Å²) in [6.07, 6.45) is 0. The lowest BCUT2D eigenvalue weighted by atomic mass is 10.1. The lowest BCUT2D eigenvalue weighted by Crippen LogP contribution is -2.29. The number of rotatable bonds is 6. The maximum atomic E-state index is 12.8. The molecule has 1 N–H and O–H groups in total. The van der Waals surface area contributed by atoms with Crippen LogP contribution in [0.25, 0.3) is 10.9 Å². The summed E-state index contributed by atoms with van der Waals surface area (Å²) in [4.78, 5) is 29.8. The molecule has 2 aromatic carbocycles. The lowest BCUT2D eigenvalue weighted by Gasteiger charge is -2.17. The Kier molecular flexibility index (Phi) is 5.96. The van der Waals surface area contributed by atoms with Gasteiger partial charge in [-0.15, -0.1) is 0 Å². The zero-order valence-corrected chi connectivity index (χ0v) is 16.5. The van der Waals surface area contributed by atoms with E-state index in [1.54, 1.807) is 10.6 Å². The van der Waals surface area contributed by atoms with Gasteiger partial charge in [-0.05, 0) is 38.5 Å². The number of fused-ring (bicyclic) bond motifs is 1. The van der Waals surface area contributed by atoms with Crippen molar-refractivity contribution in [3.63, 3.8) is 0 Å². The van der Waals surface area contributed by atoms with Crippen LogP contribution >= 0.6 is 11.8 Å². The summed E-state index contributed by atoms with van der Waals surface area (Å²) >= 11 is 1.29. The summed E-state index contributed by atoms with van der Waals surface area (Å²) in [6.45, 7) is 5.84. The number of amides is 1. The molecule has 5 nitrogen and oxygen atoms in total. The molecular formula is C21H23N3O2S. The van der Waals surface area contributed by atoms with Crippen LogP contribution in [0.5, 0.6) is 0 Å². The Morgan fingerprint density at radius 1 is 1.07 bits per heavy atom. The number of thioether (sulfide) groups is 1. The second kappa shape index (κ2) is 8.39. The third-order valence-corrected chi connectivity index (χ3v) is 5.25. The summed E-state index contributed by atoms with van der Waals surface area (Å²) in [5, 5.41) is 4.15. The summed E-state index contributed by atoms with van der Waals surface area (Å²) in [5.74, 6) is 0.114. The summed E-state index contributed by atoms with van der Waals surface area (Å²) in [5.41, 5.74) is 1.63. The number of nitrogens with one attached hydrogen (secondary N) is 1. The molecule has 6 heteroatoms. The first-order valence-corrected chi connectivity index (χ1v) is 9.94. The molecule has 1 unspecified atom stereocenters. The highest BCUT2D eigenvalue weighted by Crippen LogP contribution is 2.21. The van der Waals surface area contributed by atoms with Crippen LogP contribution in [0.3, 0.4) is 0 Å². The number of para-hydroxylation sites is 1. The Morgan fingerprint density at radius 2 is 1.74 bits per heavy atom. The number of carbonyl (C=O) groups excluding carboxylic acids is 1. The molecule has 0 aliphatic carbocycles. The third-order valence-electron chi connectivity index (χ3n) is 4.30. The maximum absolute atomic E-state index is 12.8. The molecule has 27 heavy (non-hydrogen) atoms. The Labute approximate surface area is 162 Å². The highest BCUT2D eigenvalue weighted by molar-refractivity contribution is 7.99. The summed E-state index contributed by atoms with van der Waals surface area (Å²) < 4.78 is 1.65. The quantitative estimate of drug-likeness (QED) is 0.519. The topological polar surface area (TPSA) is 64.0 Å². The van der Waals surface area contributed by atoms with Crippen LogP contribution < -0.4 is 10.9 Å². The molecule has 0 radical (unpaired) electrons. The molecule has 0 aliphatic rings. The largest absolute Gasteiger partial charge is 0.349 e. The van der Waals surface area contributed by atoms with E-state index in [2.05, 4.69) is 10.3 Å². The number of hydrogen-bond donors (Lipinski definition) is 1. The average molecular weight is 382 g/mol. The van der Waals surface area contributed by atoms with E-state index in [1.807, 2.05) is 69.3 Å². The fourth-order valence-electron chi connectivity index (χ4n) is 2.92. The van der Waals surface area contributed by atoms with Crippen molar-refractivity contribution in [2.24, 2.45) is 0 Å². The van der Waals surface area contributed by atoms with Crippen molar-refractivity contribution in [1.29, 1.82) is 0 Å². The number of nitrogens with zero attached hydrogens (tertiary/aromatic N) is 2. The smallest absolute Gasteiger partial charge is 0.262 e. The maximum Gasteiger partial charge on any atom is 0.262 e. The Bertz CT molecular complexity index is 999. The molecule has 0 fully saturated rings. The van der Waals surface area contributed by atoms with Crippen LogP contribution in [0.2, 0.25) is 0 Å². The van der Waals surface area contributed by atoms with Gasteiger partial charge in [0.1, 0.15) is 0 Å². The van der Waals surface area contributed by atoms with E-state index < -0.39 is 0 Å². The molecule has 0 bridgehead atoms. The molecule has 0 spiro atoms. The molecule has 3 aromatic rings. The second-order valence-electron chi connectivity index (χ2n) is 6.67. The van der Waals surface area contributed by atoms with Crippen molar-refractivity contribution in [1.82, 2.24) is 14.9 Å². The van der Waals surface area contributed by atoms with Gasteiger partial charge in [-0.2, -0.15) is 0 Å². The molecule has 0 saturated heterocycles. The van der Waals surface area contributed by atoms with Crippen molar-refractivity contribution >= 4 is 28.6 Å². The predicted molar refractivity (Wildman–Crippen MR) is 110 cm³/mol. The monoisotopic (exact) mass is 381 g/mol. The predicted octanol–water partition coefficient (Wildman–Crippen LogP) is 3.95. The van der Waals surface area contributed by atoms with E-state index in [1.165, 1.54) is 11.8 Å². The van der Waals surface area contributed by atoms with E-state index in [4.69, 9.17) is 0 Å². The normalized spacial score (nSPS) is 12.3. The van der Waals surface area contributed by atoms with E-state index in [9.17, 15) is 9.59 Å². The van der Waals surface area contributed by atoms with Crippen molar-refractivity contribution in [3.05, 3.63) is 70.5 Å². The molecular weight excluding hydrogens is 358 g/mol. The van der Waals surface area contributed by atoms with Crippen molar-refractivity contribution < 1.29 is 4.79 Å². The second-order valence-corrected chi connectivity index (χ2v) is 7.61. The van der Waals surface area contributed by atoms with Crippen LogP contribution in [0.15, 0.2) is 64.5 Å². The number of carbonyl (C=O) groups is 1. The molecule has 1 aromatic heterocycles. The van der Waals surface area contributed by atoms with Gasteiger partial charge in [0.15, 0.2) is 5.16 Å². The van der Waals surface area contributed by atoms with Crippen LogP contribution in [0.4, 0.5) is 0 Å². The lowest BCUT2D eigenvalue weighted by molar-refractivity contribution is -0.119. The van der Waals surface area contributed by atoms with Gasteiger partial charge in [-0.1, -0.05) is 54.2 Å². The molecule has 1 atom stereocenters. The van der Waals surface area contributed by atoms with Crippen molar-refractivity contribution in [2.75, 3.05) is 5.75 Å². The third kappa shape index (κ3) is 4.39. The Balaban J connectivity index is 1.77. The van der Waals surface area contributed by atoms with Gasteiger partial charge >= 0.3 is 0 Å². The zero-order chi connectivity index (χ0) is 19.4. The van der Waals surface area contributed by atoms with Gasteiger partial charge in [-0.3, -0.25) is 14.2 Å². The SMILES string of the molecule is CC(NC(=O)CSc1nc2ccccc2c(=O)n1C(C)C)c1ccccc1.